The van der Waals surface area contributed by atoms with Crippen LogP contribution in [0.2, 0.25) is 0 Å². The summed E-state index contributed by atoms with van der Waals surface area (Å²) in [6, 6.07) is 0. The Morgan fingerprint density at radius 3 is 2.14 bits per heavy atom. The van der Waals surface area contributed by atoms with Crippen LogP contribution in [0.25, 0.3) is 0 Å². The average Bonchev–Trinajstić information content (AvgIpc) is 1.30. The Labute approximate surface area is 51.0 Å². The van der Waals surface area contributed by atoms with Crippen molar-refractivity contribution in [2.45, 2.75) is 13.3 Å². The Morgan fingerprint density at radius 1 is 1.71 bits per heavy atom. The second-order valence-electron chi connectivity index (χ2n) is 1.05. The summed E-state index contributed by atoms with van der Waals surface area (Å²) in [7, 11) is -2.99. The fraction of sp³-hybridized carbons (Fsp3) is 0.667. The predicted molar refractivity (Wildman–Crippen MR) is 32.4 cm³/mol. The van der Waals surface area contributed by atoms with Gasteiger partial charge < -0.3 is 0 Å². The van der Waals surface area contributed by atoms with Gasteiger partial charge in [0.05, 0.1) is 20.6 Å². The molecule has 0 aliphatic carbocycles. The van der Waals surface area contributed by atoms with Crippen LogP contribution in [0.4, 0.5) is 0 Å². The summed E-state index contributed by atoms with van der Waals surface area (Å²) in [5, 5.41) is 0. The van der Waals surface area contributed by atoms with E-state index in [-0.39, 0.29) is 0 Å². The molecular weight excluding hydrogens is 180 g/mol. The maximum absolute atomic E-state index is 10.1. The molecule has 0 amide bonds. The highest BCUT2D eigenvalue weighted by atomic mass is 79.9. The number of rotatable bonds is 2. The molecule has 4 heteroatoms. The minimum absolute atomic E-state index is 0.549. The van der Waals surface area contributed by atoms with E-state index < -0.39 is 8.27 Å². The average molecular weight is 186 g/mol. The van der Waals surface area contributed by atoms with E-state index in [4.69, 9.17) is 0 Å². The molecule has 7 heavy (non-hydrogen) atoms. The Bertz CT molecular complexity index is 126. The van der Waals surface area contributed by atoms with Crippen molar-refractivity contribution in [3.8, 4) is 0 Å². The molecule has 0 N–H and O–H groups in total. The standard InChI is InChI=1S/C3H6BrO2S/c1-2-3-7(4,5)6/h3H,2H2,1H3. The third-order valence-electron chi connectivity index (χ3n) is 0.366. The molecule has 0 spiro atoms. The highest BCUT2D eigenvalue weighted by Gasteiger charge is 1.99. The molecule has 0 heterocycles. The van der Waals surface area contributed by atoms with Crippen molar-refractivity contribution in [3.05, 3.63) is 5.75 Å². The van der Waals surface area contributed by atoms with Crippen LogP contribution in [0.1, 0.15) is 13.3 Å². The van der Waals surface area contributed by atoms with Crippen LogP contribution in [-0.2, 0) is 8.27 Å². The topological polar surface area (TPSA) is 34.1 Å². The van der Waals surface area contributed by atoms with Crippen LogP contribution in [0, 0.1) is 5.75 Å². The normalized spacial score (nSPS) is 11.7. The predicted octanol–water partition coefficient (Wildman–Crippen LogP) is 1.28. The summed E-state index contributed by atoms with van der Waals surface area (Å²) in [6.45, 7) is 1.76. The fourth-order valence-corrected chi connectivity index (χ4v) is 1.39. The molecule has 1 radical (unpaired) electrons. The summed E-state index contributed by atoms with van der Waals surface area (Å²) < 4.78 is 20.2. The highest BCUT2D eigenvalue weighted by molar-refractivity contribution is 9.47. The van der Waals surface area contributed by atoms with E-state index >= 15 is 0 Å². The maximum Gasteiger partial charge on any atom is 0.213 e. The Balaban J connectivity index is 3.60. The minimum atomic E-state index is -2.99. The van der Waals surface area contributed by atoms with Gasteiger partial charge in [-0.05, 0) is 6.42 Å². The number of hydrogen-bond donors (Lipinski definition) is 0. The molecule has 0 atom stereocenters. The van der Waals surface area contributed by atoms with Gasteiger partial charge in [-0.1, -0.05) is 6.92 Å². The Kier molecular flexibility index (Phi) is 2.83. The minimum Gasteiger partial charge on any atom is -0.217 e. The number of hydrogen-bond acceptors (Lipinski definition) is 2. The molecule has 0 unspecified atom stereocenters. The lowest BCUT2D eigenvalue weighted by atomic mass is 10.6. The van der Waals surface area contributed by atoms with Crippen LogP contribution in [0.3, 0.4) is 0 Å². The summed E-state index contributed by atoms with van der Waals surface area (Å²) >= 11 is 2.46. The molecule has 0 aromatic carbocycles. The molecule has 2 nitrogen and oxygen atoms in total. The maximum atomic E-state index is 10.1. The van der Waals surface area contributed by atoms with E-state index in [2.05, 4.69) is 14.8 Å². The van der Waals surface area contributed by atoms with Crippen LogP contribution >= 0.6 is 14.8 Å². The summed E-state index contributed by atoms with van der Waals surface area (Å²) in [5.74, 6) is 1.20. The van der Waals surface area contributed by atoms with Gasteiger partial charge in [0.2, 0.25) is 8.27 Å². The van der Waals surface area contributed by atoms with Gasteiger partial charge in [0, 0.05) is 0 Å². The lowest BCUT2D eigenvalue weighted by molar-refractivity contribution is 0.615. The van der Waals surface area contributed by atoms with Crippen molar-refractivity contribution in [3.63, 3.8) is 0 Å². The lowest BCUT2D eigenvalue weighted by Crippen LogP contribution is -1.84. The van der Waals surface area contributed by atoms with Crippen molar-refractivity contribution in [2.75, 3.05) is 0 Å². The molecule has 0 fully saturated rings. The quantitative estimate of drug-likeness (QED) is 0.608. The molecule has 0 aromatic rings. The molecule has 0 rings (SSSR count). The van der Waals surface area contributed by atoms with Crippen LogP contribution in [-0.4, -0.2) is 8.42 Å². The number of halogens is 1. The first-order chi connectivity index (χ1) is 3.06. The zero-order valence-corrected chi connectivity index (χ0v) is 6.29. The summed E-state index contributed by atoms with van der Waals surface area (Å²) in [6.07, 6.45) is 0.549. The van der Waals surface area contributed by atoms with Crippen molar-refractivity contribution in [2.24, 2.45) is 0 Å². The van der Waals surface area contributed by atoms with E-state index in [1.807, 2.05) is 0 Å². The van der Waals surface area contributed by atoms with Crippen LogP contribution in [0.5, 0.6) is 0 Å². The van der Waals surface area contributed by atoms with Gasteiger partial charge in [0.15, 0.2) is 0 Å². The van der Waals surface area contributed by atoms with E-state index in [1.54, 1.807) is 6.92 Å². The zero-order chi connectivity index (χ0) is 5.91. The van der Waals surface area contributed by atoms with E-state index in [0.717, 1.165) is 0 Å². The molecule has 0 aliphatic rings. The zero-order valence-electron chi connectivity index (χ0n) is 3.89. The van der Waals surface area contributed by atoms with E-state index in [1.165, 1.54) is 5.75 Å². The summed E-state index contributed by atoms with van der Waals surface area (Å²) in [5.41, 5.74) is 0. The van der Waals surface area contributed by atoms with Crippen molar-refractivity contribution < 1.29 is 8.42 Å². The van der Waals surface area contributed by atoms with Gasteiger partial charge in [-0.15, -0.1) is 0 Å². The van der Waals surface area contributed by atoms with Crippen molar-refractivity contribution in [1.29, 1.82) is 0 Å². The monoisotopic (exact) mass is 185 g/mol. The second-order valence-corrected chi connectivity index (χ2v) is 5.04. The molecule has 0 aliphatic heterocycles. The molecule has 0 saturated carbocycles. The molecule has 43 valence electrons. The summed E-state index contributed by atoms with van der Waals surface area (Å²) in [4.78, 5) is 0. The molecule has 0 saturated heterocycles. The molecule has 0 bridgehead atoms. The van der Waals surface area contributed by atoms with Gasteiger partial charge in [0.25, 0.3) is 0 Å². The van der Waals surface area contributed by atoms with Gasteiger partial charge in [-0.3, -0.25) is 0 Å². The van der Waals surface area contributed by atoms with E-state index in [9.17, 15) is 8.42 Å². The van der Waals surface area contributed by atoms with Crippen LogP contribution < -0.4 is 0 Å². The largest absolute Gasteiger partial charge is 0.217 e. The Morgan fingerprint density at radius 2 is 2.14 bits per heavy atom. The highest BCUT2D eigenvalue weighted by Crippen LogP contribution is 2.05. The SMILES string of the molecule is CC[CH]S(=O)(=O)Br. The van der Waals surface area contributed by atoms with Crippen LogP contribution in [0.15, 0.2) is 0 Å². The van der Waals surface area contributed by atoms with Crippen molar-refractivity contribution >= 4 is 23.1 Å². The smallest absolute Gasteiger partial charge is 0.213 e. The van der Waals surface area contributed by atoms with Gasteiger partial charge in [0.1, 0.15) is 0 Å². The van der Waals surface area contributed by atoms with Gasteiger partial charge >= 0.3 is 0 Å². The first kappa shape index (κ1) is 7.43. The first-order valence-electron chi connectivity index (χ1n) is 1.84. The lowest BCUT2D eigenvalue weighted by Gasteiger charge is -1.83. The third-order valence-corrected chi connectivity index (χ3v) is 1.89. The first-order valence-corrected chi connectivity index (χ1v) is 5.23. The Hall–Kier alpha value is 0.430. The fourth-order valence-electron chi connectivity index (χ4n) is 0.199. The van der Waals surface area contributed by atoms with Gasteiger partial charge in [-0.2, -0.15) is 0 Å². The van der Waals surface area contributed by atoms with Crippen molar-refractivity contribution in [1.82, 2.24) is 0 Å². The molecule has 0 aromatic heterocycles. The third kappa shape index (κ3) is 6.43. The molecular formula is C3H6BrO2S. The second kappa shape index (κ2) is 2.67. The van der Waals surface area contributed by atoms with Gasteiger partial charge in [-0.25, -0.2) is 8.42 Å². The van der Waals surface area contributed by atoms with E-state index in [0.29, 0.717) is 6.42 Å².